The van der Waals surface area contributed by atoms with Crippen molar-refractivity contribution in [3.05, 3.63) is 81.5 Å². The van der Waals surface area contributed by atoms with Crippen LogP contribution in [0.25, 0.3) is 0 Å². The van der Waals surface area contributed by atoms with E-state index in [0.717, 1.165) is 16.9 Å². The number of hydrogen-bond acceptors (Lipinski definition) is 6. The Hall–Kier alpha value is -4.18. The number of likely N-dealkylation sites (tertiary alicyclic amines) is 1. The minimum absolute atomic E-state index is 0.00721. The summed E-state index contributed by atoms with van der Waals surface area (Å²) in [6.07, 6.45) is 1.43. The molecule has 1 aliphatic carbocycles. The van der Waals surface area contributed by atoms with Gasteiger partial charge < -0.3 is 26.0 Å². The summed E-state index contributed by atoms with van der Waals surface area (Å²) >= 11 is 1.43. The molecule has 0 radical (unpaired) electrons. The first-order chi connectivity index (χ1) is 19.0. The summed E-state index contributed by atoms with van der Waals surface area (Å²) in [5, 5.41) is 15.1. The Morgan fingerprint density at radius 1 is 1.10 bits per heavy atom. The van der Waals surface area contributed by atoms with Crippen LogP contribution in [0.1, 0.15) is 59.1 Å². The van der Waals surface area contributed by atoms with E-state index in [-0.39, 0.29) is 47.6 Å². The Morgan fingerprint density at radius 2 is 1.75 bits per heavy atom. The second-order valence-corrected chi connectivity index (χ2v) is 11.8. The third kappa shape index (κ3) is 5.72. The number of nitrogens with two attached hydrogens (primary N) is 1. The van der Waals surface area contributed by atoms with E-state index >= 15 is 0 Å². The number of hydrogen-bond donors (Lipinski definition) is 4. The van der Waals surface area contributed by atoms with Gasteiger partial charge in [-0.2, -0.15) is 0 Å². The summed E-state index contributed by atoms with van der Waals surface area (Å²) in [5.74, 6) is 0.418. The number of thiophene rings is 1. The molecule has 208 valence electrons. The molecular formula is C30H33N5O4S. The van der Waals surface area contributed by atoms with Crippen molar-refractivity contribution >= 4 is 34.9 Å². The zero-order chi connectivity index (χ0) is 28.6. The van der Waals surface area contributed by atoms with E-state index in [1.54, 1.807) is 40.6 Å². The van der Waals surface area contributed by atoms with E-state index in [2.05, 4.69) is 17.6 Å². The Balaban J connectivity index is 1.17. The first-order valence-corrected chi connectivity index (χ1v) is 14.1. The minimum atomic E-state index is -0.596. The number of carbonyl (C=O) groups excluding carboxylic acids is 3. The van der Waals surface area contributed by atoms with Crippen LogP contribution in [0.15, 0.2) is 60.0 Å². The molecule has 2 heterocycles. The summed E-state index contributed by atoms with van der Waals surface area (Å²) in [7, 11) is 0. The maximum absolute atomic E-state index is 13.3. The molecule has 1 saturated heterocycles. The Labute approximate surface area is 237 Å². The zero-order valence-corrected chi connectivity index (χ0v) is 23.5. The fraction of sp³-hybridized carbons (Fsp3) is 0.333. The minimum Gasteiger partial charge on any atom is -0.457 e. The molecule has 0 spiro atoms. The van der Waals surface area contributed by atoms with Gasteiger partial charge in [-0.05, 0) is 74.6 Å². The Morgan fingerprint density at radius 3 is 2.38 bits per heavy atom. The molecule has 0 bridgehead atoms. The zero-order valence-electron chi connectivity index (χ0n) is 22.7. The van der Waals surface area contributed by atoms with E-state index < -0.39 is 6.04 Å². The average Bonchev–Trinajstić information content (AvgIpc) is 3.26. The molecule has 5 rings (SSSR count). The SMILES string of the molecule is Cc1ccc(Oc2ccc(C(=O)NCC(=O)N3[C@H]4C[C@@]4(C)C[C@H]3C(=O)NC(C)c3cc(C(=N)N)cs3)cc2)cc1. The third-order valence-corrected chi connectivity index (χ3v) is 8.83. The number of amides is 3. The number of nitrogen functional groups attached to an aromatic ring is 1. The molecule has 9 nitrogen and oxygen atoms in total. The molecule has 1 aromatic heterocycles. The first-order valence-electron chi connectivity index (χ1n) is 13.2. The highest BCUT2D eigenvalue weighted by Crippen LogP contribution is 2.59. The summed E-state index contributed by atoms with van der Waals surface area (Å²) in [6, 6.07) is 15.3. The summed E-state index contributed by atoms with van der Waals surface area (Å²) < 4.78 is 5.82. The maximum atomic E-state index is 13.3. The standard InChI is InChI=1S/C30H33N5O4S/c1-17-4-8-21(9-5-17)39-22-10-6-19(7-11-22)28(37)33-15-26(36)35-23(13-30(3)14-25(30)35)29(38)34-18(2)24-12-20(16-40-24)27(31)32/h4-12,16,18,23,25H,13-15H2,1-3H3,(H3,31,32)(H,33,37)(H,34,38)/t18?,23-,25-,30+/m0/s1. The second kappa shape index (κ2) is 10.8. The number of piperidine rings is 1. The van der Waals surface area contributed by atoms with Crippen molar-refractivity contribution < 1.29 is 19.1 Å². The average molecular weight is 560 g/mol. The molecule has 5 N–H and O–H groups in total. The van der Waals surface area contributed by atoms with Gasteiger partial charge in [0, 0.05) is 27.4 Å². The van der Waals surface area contributed by atoms with Gasteiger partial charge in [0.2, 0.25) is 11.8 Å². The molecular weight excluding hydrogens is 526 g/mol. The molecule has 1 saturated carbocycles. The summed E-state index contributed by atoms with van der Waals surface area (Å²) in [4.78, 5) is 41.8. The number of amidine groups is 1. The number of carbonyl (C=O) groups is 3. The van der Waals surface area contributed by atoms with Crippen molar-refractivity contribution in [1.82, 2.24) is 15.5 Å². The third-order valence-electron chi connectivity index (χ3n) is 7.72. The van der Waals surface area contributed by atoms with Gasteiger partial charge in [0.05, 0.1) is 12.6 Å². The Bertz CT molecular complexity index is 1450. The number of nitrogens with one attached hydrogen (secondary N) is 3. The molecule has 3 aromatic rings. The molecule has 1 unspecified atom stereocenters. The van der Waals surface area contributed by atoms with Crippen LogP contribution in [0.2, 0.25) is 0 Å². The lowest BCUT2D eigenvalue weighted by Crippen LogP contribution is -2.51. The number of aryl methyl sites for hydroxylation is 1. The van der Waals surface area contributed by atoms with Crippen LogP contribution in [-0.4, -0.2) is 47.1 Å². The smallest absolute Gasteiger partial charge is 0.251 e. The van der Waals surface area contributed by atoms with Crippen molar-refractivity contribution in [2.24, 2.45) is 11.1 Å². The van der Waals surface area contributed by atoms with Crippen molar-refractivity contribution in [2.75, 3.05) is 6.54 Å². The molecule has 2 fully saturated rings. The van der Waals surface area contributed by atoms with Crippen molar-refractivity contribution in [3.63, 3.8) is 0 Å². The van der Waals surface area contributed by atoms with Crippen LogP contribution in [-0.2, 0) is 9.59 Å². The van der Waals surface area contributed by atoms with Crippen LogP contribution in [0.5, 0.6) is 11.5 Å². The number of nitrogens with zero attached hydrogens (tertiary/aromatic N) is 1. The van der Waals surface area contributed by atoms with Gasteiger partial charge in [0.15, 0.2) is 0 Å². The van der Waals surface area contributed by atoms with Gasteiger partial charge in [0.1, 0.15) is 23.4 Å². The lowest BCUT2D eigenvalue weighted by molar-refractivity contribution is -0.139. The highest BCUT2D eigenvalue weighted by Gasteiger charge is 2.64. The van der Waals surface area contributed by atoms with Crippen molar-refractivity contribution in [3.8, 4) is 11.5 Å². The van der Waals surface area contributed by atoms with Gasteiger partial charge in [-0.15, -0.1) is 11.3 Å². The lowest BCUT2D eigenvalue weighted by Gasteiger charge is -2.28. The van der Waals surface area contributed by atoms with Gasteiger partial charge in [0.25, 0.3) is 5.91 Å². The van der Waals surface area contributed by atoms with E-state index in [0.29, 0.717) is 29.0 Å². The maximum Gasteiger partial charge on any atom is 0.251 e. The van der Waals surface area contributed by atoms with E-state index in [1.165, 1.54) is 11.3 Å². The molecule has 2 aliphatic rings. The van der Waals surface area contributed by atoms with Crippen molar-refractivity contribution in [1.29, 1.82) is 5.41 Å². The molecule has 1 aliphatic heterocycles. The number of rotatable bonds is 9. The molecule has 40 heavy (non-hydrogen) atoms. The van der Waals surface area contributed by atoms with E-state index in [1.807, 2.05) is 38.1 Å². The molecule has 2 aromatic carbocycles. The normalized spacial score (nSPS) is 21.7. The monoisotopic (exact) mass is 559 g/mol. The fourth-order valence-corrected chi connectivity index (χ4v) is 6.14. The Kier molecular flexibility index (Phi) is 7.37. The van der Waals surface area contributed by atoms with Crippen molar-refractivity contribution in [2.45, 2.75) is 51.7 Å². The van der Waals surface area contributed by atoms with Gasteiger partial charge >= 0.3 is 0 Å². The summed E-state index contributed by atoms with van der Waals surface area (Å²) in [6.45, 7) is 5.77. The van der Waals surface area contributed by atoms with E-state index in [9.17, 15) is 14.4 Å². The predicted octanol–water partition coefficient (Wildman–Crippen LogP) is 4.12. The van der Waals surface area contributed by atoms with Crippen LogP contribution in [0.3, 0.4) is 0 Å². The van der Waals surface area contributed by atoms with E-state index in [4.69, 9.17) is 15.9 Å². The quantitative estimate of drug-likeness (QED) is 0.231. The van der Waals surface area contributed by atoms with Crippen LogP contribution in [0, 0.1) is 17.7 Å². The van der Waals surface area contributed by atoms with Gasteiger partial charge in [-0.25, -0.2) is 0 Å². The fourth-order valence-electron chi connectivity index (χ4n) is 5.23. The molecule has 10 heteroatoms. The molecule has 3 amide bonds. The highest BCUT2D eigenvalue weighted by atomic mass is 32.1. The predicted molar refractivity (Wildman–Crippen MR) is 154 cm³/mol. The lowest BCUT2D eigenvalue weighted by atomic mass is 10.0. The number of ether oxygens (including phenoxy) is 1. The van der Waals surface area contributed by atoms with Crippen LogP contribution >= 0.6 is 11.3 Å². The summed E-state index contributed by atoms with van der Waals surface area (Å²) in [5.41, 5.74) is 7.65. The second-order valence-electron chi connectivity index (χ2n) is 10.9. The highest BCUT2D eigenvalue weighted by molar-refractivity contribution is 7.10. The van der Waals surface area contributed by atoms with Crippen LogP contribution < -0.4 is 21.1 Å². The van der Waals surface area contributed by atoms with Gasteiger partial charge in [-0.3, -0.25) is 19.8 Å². The number of fused-ring (bicyclic) bond motifs is 1. The van der Waals surface area contributed by atoms with Gasteiger partial charge in [-0.1, -0.05) is 24.6 Å². The first kappa shape index (κ1) is 27.4. The topological polar surface area (TPSA) is 138 Å². The largest absolute Gasteiger partial charge is 0.457 e. The van der Waals surface area contributed by atoms with Crippen LogP contribution in [0.4, 0.5) is 0 Å². The molecule has 4 atom stereocenters. The number of benzene rings is 2.